The molecule has 39 heavy (non-hydrogen) atoms. The van der Waals surface area contributed by atoms with E-state index in [2.05, 4.69) is 15.0 Å². The van der Waals surface area contributed by atoms with Crippen molar-refractivity contribution in [3.8, 4) is 34.3 Å². The van der Waals surface area contributed by atoms with Crippen LogP contribution in [0, 0.1) is 18.6 Å². The van der Waals surface area contributed by atoms with Crippen molar-refractivity contribution in [2.75, 3.05) is 19.5 Å². The van der Waals surface area contributed by atoms with Gasteiger partial charge in [0.15, 0.2) is 5.82 Å². The van der Waals surface area contributed by atoms with Crippen molar-refractivity contribution < 1.29 is 36.6 Å². The van der Waals surface area contributed by atoms with Crippen LogP contribution in [0.25, 0.3) is 17.1 Å². The van der Waals surface area contributed by atoms with E-state index < -0.39 is 41.0 Å². The number of methoxy groups -OCH3 is 2. The van der Waals surface area contributed by atoms with Crippen LogP contribution >= 0.6 is 0 Å². The average molecular weight is 546 g/mol. The third-order valence-corrected chi connectivity index (χ3v) is 5.81. The van der Waals surface area contributed by atoms with Gasteiger partial charge in [0.2, 0.25) is 0 Å². The molecule has 2 aromatic carbocycles. The molecular formula is C26H22F4N4O5. The number of anilines is 1. The van der Waals surface area contributed by atoms with Crippen molar-refractivity contribution in [2.24, 2.45) is 7.05 Å². The number of ether oxygens (including phenoxy) is 3. The maximum atomic E-state index is 15.2. The SMILES string of the molecule is COc1cc(F)c(-c2c(NC(=O)c3ccc(OC(F)F)cc3)c(=O)n(-c3cc(OC)c(C)cn3)n2C)c(F)c1. The summed E-state index contributed by atoms with van der Waals surface area (Å²) in [6.45, 7) is -1.32. The number of benzene rings is 2. The predicted octanol–water partition coefficient (Wildman–Crippen LogP) is 4.70. The highest BCUT2D eigenvalue weighted by molar-refractivity contribution is 6.06. The molecule has 2 aromatic heterocycles. The van der Waals surface area contributed by atoms with Gasteiger partial charge in [0.25, 0.3) is 11.5 Å². The van der Waals surface area contributed by atoms with Gasteiger partial charge in [-0.25, -0.2) is 13.8 Å². The molecule has 13 heteroatoms. The molecule has 1 amide bonds. The van der Waals surface area contributed by atoms with E-state index in [0.717, 1.165) is 33.6 Å². The number of nitrogens with one attached hydrogen (secondary N) is 1. The zero-order chi connectivity index (χ0) is 28.4. The topological polar surface area (TPSA) is 96.6 Å². The van der Waals surface area contributed by atoms with Crippen molar-refractivity contribution >= 4 is 11.6 Å². The fourth-order valence-corrected chi connectivity index (χ4v) is 3.96. The molecule has 9 nitrogen and oxygen atoms in total. The van der Waals surface area contributed by atoms with Gasteiger partial charge in [0.05, 0.1) is 19.8 Å². The van der Waals surface area contributed by atoms with Gasteiger partial charge in [-0.05, 0) is 31.2 Å². The normalized spacial score (nSPS) is 11.0. The minimum Gasteiger partial charge on any atom is -0.497 e. The van der Waals surface area contributed by atoms with Crippen molar-refractivity contribution in [1.82, 2.24) is 14.3 Å². The number of halogens is 4. The molecule has 0 bridgehead atoms. The second-order valence-corrected chi connectivity index (χ2v) is 8.20. The van der Waals surface area contributed by atoms with Crippen LogP contribution in [0.5, 0.6) is 17.2 Å². The number of rotatable bonds is 8. The Morgan fingerprint density at radius 1 is 1.00 bits per heavy atom. The van der Waals surface area contributed by atoms with Gasteiger partial charge in [-0.15, -0.1) is 0 Å². The Bertz CT molecular complexity index is 1580. The molecule has 0 aliphatic carbocycles. The molecule has 0 aliphatic heterocycles. The summed E-state index contributed by atoms with van der Waals surface area (Å²) in [5, 5.41) is 2.40. The van der Waals surface area contributed by atoms with Gasteiger partial charge < -0.3 is 19.5 Å². The Kier molecular flexibility index (Phi) is 7.61. The van der Waals surface area contributed by atoms with E-state index in [9.17, 15) is 18.4 Å². The minimum absolute atomic E-state index is 0.0387. The van der Waals surface area contributed by atoms with Crippen LogP contribution in [0.4, 0.5) is 23.2 Å². The molecule has 4 aromatic rings. The van der Waals surface area contributed by atoms with E-state index in [1.165, 1.54) is 45.7 Å². The first kappa shape index (κ1) is 27.2. The van der Waals surface area contributed by atoms with Crippen LogP contribution in [0.2, 0.25) is 0 Å². The molecule has 0 radical (unpaired) electrons. The number of pyridine rings is 1. The molecule has 1 N–H and O–H groups in total. The maximum Gasteiger partial charge on any atom is 0.387 e. The first-order valence-corrected chi connectivity index (χ1v) is 11.3. The average Bonchev–Trinajstić information content (AvgIpc) is 3.13. The molecule has 204 valence electrons. The quantitative estimate of drug-likeness (QED) is 0.322. The van der Waals surface area contributed by atoms with E-state index >= 15 is 8.78 Å². The summed E-state index contributed by atoms with van der Waals surface area (Å²) in [6, 6.07) is 7.97. The number of nitrogens with zero attached hydrogens (tertiary/aromatic N) is 3. The number of hydrogen-bond acceptors (Lipinski definition) is 6. The largest absolute Gasteiger partial charge is 0.497 e. The standard InChI is InChI=1S/C26H22F4N4O5/c1-13-12-31-20(11-19(13)38-4)34-25(36)22(32-24(35)14-5-7-15(8-6-14)39-26(29)30)23(33(34)2)21-17(27)9-16(37-3)10-18(21)28/h5-12,26H,1-4H3,(H,32,35). The van der Waals surface area contributed by atoms with Gasteiger partial charge in [-0.3, -0.25) is 14.3 Å². The Hall–Kier alpha value is -4.81. The number of carbonyl (C=O) groups excluding carboxylic acids is 1. The minimum atomic E-state index is -3.06. The molecule has 0 unspecified atom stereocenters. The smallest absolute Gasteiger partial charge is 0.387 e. The van der Waals surface area contributed by atoms with E-state index in [4.69, 9.17) is 9.47 Å². The highest BCUT2D eigenvalue weighted by atomic mass is 19.3. The van der Waals surface area contributed by atoms with Crippen LogP contribution in [0.1, 0.15) is 15.9 Å². The molecule has 0 atom stereocenters. The van der Waals surface area contributed by atoms with Crippen molar-refractivity contribution in [2.45, 2.75) is 13.5 Å². The van der Waals surface area contributed by atoms with Crippen LogP contribution in [0.3, 0.4) is 0 Å². The lowest BCUT2D eigenvalue weighted by Crippen LogP contribution is -2.23. The first-order chi connectivity index (χ1) is 18.5. The van der Waals surface area contributed by atoms with E-state index in [1.807, 2.05) is 0 Å². The number of carbonyl (C=O) groups is 1. The summed E-state index contributed by atoms with van der Waals surface area (Å²) in [6.07, 6.45) is 1.45. The van der Waals surface area contributed by atoms with Crippen LogP contribution in [-0.4, -0.2) is 41.1 Å². The van der Waals surface area contributed by atoms with E-state index in [-0.39, 0.29) is 28.6 Å². The molecule has 2 heterocycles. The molecule has 0 spiro atoms. The summed E-state index contributed by atoms with van der Waals surface area (Å²) >= 11 is 0. The molecule has 0 fully saturated rings. The molecule has 0 saturated heterocycles. The van der Waals surface area contributed by atoms with Gasteiger partial charge in [-0.2, -0.15) is 13.5 Å². The Morgan fingerprint density at radius 3 is 2.21 bits per heavy atom. The van der Waals surface area contributed by atoms with E-state index in [1.54, 1.807) is 6.92 Å². The van der Waals surface area contributed by atoms with Crippen LogP contribution < -0.4 is 25.1 Å². The maximum absolute atomic E-state index is 15.2. The van der Waals surface area contributed by atoms with Gasteiger partial charge >= 0.3 is 6.61 Å². The fourth-order valence-electron chi connectivity index (χ4n) is 3.96. The lowest BCUT2D eigenvalue weighted by atomic mass is 10.1. The summed E-state index contributed by atoms with van der Waals surface area (Å²) < 4.78 is 72.0. The van der Waals surface area contributed by atoms with Crippen LogP contribution in [0.15, 0.2) is 53.5 Å². The summed E-state index contributed by atoms with van der Waals surface area (Å²) in [7, 11) is 4.02. The highest BCUT2D eigenvalue weighted by Crippen LogP contribution is 2.34. The zero-order valence-corrected chi connectivity index (χ0v) is 21.1. The molecular weight excluding hydrogens is 524 g/mol. The molecule has 4 rings (SSSR count). The van der Waals surface area contributed by atoms with Crippen molar-refractivity contribution in [3.63, 3.8) is 0 Å². The third-order valence-electron chi connectivity index (χ3n) is 5.81. The van der Waals surface area contributed by atoms with Gasteiger partial charge in [-0.1, -0.05) is 0 Å². The Labute approximate surface area is 219 Å². The Morgan fingerprint density at radius 2 is 1.64 bits per heavy atom. The zero-order valence-electron chi connectivity index (χ0n) is 21.1. The number of amides is 1. The Balaban J connectivity index is 1.89. The third kappa shape index (κ3) is 5.28. The van der Waals surface area contributed by atoms with Gasteiger partial charge in [0, 0.05) is 42.6 Å². The monoisotopic (exact) mass is 546 g/mol. The molecule has 0 saturated carbocycles. The predicted molar refractivity (Wildman–Crippen MR) is 133 cm³/mol. The molecule has 0 aliphatic rings. The number of aryl methyl sites for hydroxylation is 1. The fraction of sp³-hybridized carbons (Fsp3) is 0.192. The second-order valence-electron chi connectivity index (χ2n) is 8.20. The van der Waals surface area contributed by atoms with Crippen LogP contribution in [-0.2, 0) is 7.05 Å². The second kappa shape index (κ2) is 10.9. The summed E-state index contributed by atoms with van der Waals surface area (Å²) in [5.41, 5.74) is -1.59. The first-order valence-electron chi connectivity index (χ1n) is 11.3. The lowest BCUT2D eigenvalue weighted by Gasteiger charge is -2.13. The van der Waals surface area contributed by atoms with Gasteiger partial charge in [0.1, 0.15) is 40.3 Å². The summed E-state index contributed by atoms with van der Waals surface area (Å²) in [4.78, 5) is 30.9. The number of alkyl halides is 2. The van der Waals surface area contributed by atoms with Crippen molar-refractivity contribution in [1.29, 1.82) is 0 Å². The van der Waals surface area contributed by atoms with Crippen molar-refractivity contribution in [3.05, 3.63) is 81.8 Å². The highest BCUT2D eigenvalue weighted by Gasteiger charge is 2.28. The summed E-state index contributed by atoms with van der Waals surface area (Å²) in [5.74, 6) is -2.80. The number of aromatic nitrogens is 3. The van der Waals surface area contributed by atoms with E-state index in [0.29, 0.717) is 11.3 Å². The lowest BCUT2D eigenvalue weighted by molar-refractivity contribution is -0.0498. The number of hydrogen-bond donors (Lipinski definition) is 1.